The third kappa shape index (κ3) is 1.63. The van der Waals surface area contributed by atoms with Gasteiger partial charge in [0.1, 0.15) is 0 Å². The molecule has 0 aliphatic heterocycles. The van der Waals surface area contributed by atoms with Crippen molar-refractivity contribution >= 4 is 0 Å². The standard InChI is InChI=1S/C12H20/c1-5-9(3)12-8-7-10(4)11(12)6-2/h5,10H,6-8H2,1-4H3/b9-5-. The predicted octanol–water partition coefficient (Wildman–Crippen LogP) is 4.09. The lowest BCUT2D eigenvalue weighted by molar-refractivity contribution is 0.652. The van der Waals surface area contributed by atoms with E-state index in [1.54, 1.807) is 11.1 Å². The Morgan fingerprint density at radius 2 is 2.25 bits per heavy atom. The lowest BCUT2D eigenvalue weighted by atomic mass is 9.98. The molecule has 0 saturated carbocycles. The second-order valence-corrected chi connectivity index (χ2v) is 3.77. The van der Waals surface area contributed by atoms with Crippen LogP contribution in [0.1, 0.15) is 47.0 Å². The third-order valence-corrected chi connectivity index (χ3v) is 3.10. The van der Waals surface area contributed by atoms with Crippen LogP contribution in [0.4, 0.5) is 0 Å². The highest BCUT2D eigenvalue weighted by Gasteiger charge is 2.20. The fourth-order valence-electron chi connectivity index (χ4n) is 2.18. The van der Waals surface area contributed by atoms with E-state index in [0.717, 1.165) is 5.92 Å². The molecular weight excluding hydrogens is 144 g/mol. The summed E-state index contributed by atoms with van der Waals surface area (Å²) in [7, 11) is 0. The van der Waals surface area contributed by atoms with Crippen LogP contribution in [0.5, 0.6) is 0 Å². The molecule has 0 amide bonds. The Morgan fingerprint density at radius 3 is 2.75 bits per heavy atom. The first-order valence-electron chi connectivity index (χ1n) is 5.05. The molecule has 0 radical (unpaired) electrons. The monoisotopic (exact) mass is 164 g/mol. The first-order valence-corrected chi connectivity index (χ1v) is 5.05. The number of rotatable bonds is 2. The Labute approximate surface area is 76.4 Å². The van der Waals surface area contributed by atoms with E-state index in [-0.39, 0.29) is 0 Å². The fourth-order valence-corrected chi connectivity index (χ4v) is 2.18. The lowest BCUT2D eigenvalue weighted by Gasteiger charge is -2.08. The molecule has 1 unspecified atom stereocenters. The van der Waals surface area contributed by atoms with Crippen molar-refractivity contribution in [1.29, 1.82) is 0 Å². The van der Waals surface area contributed by atoms with Gasteiger partial charge in [-0.1, -0.05) is 31.1 Å². The fraction of sp³-hybridized carbons (Fsp3) is 0.667. The average molecular weight is 164 g/mol. The molecule has 0 spiro atoms. The van der Waals surface area contributed by atoms with E-state index in [0.29, 0.717) is 0 Å². The minimum Gasteiger partial charge on any atom is -0.0844 e. The van der Waals surface area contributed by atoms with Gasteiger partial charge in [-0.2, -0.15) is 0 Å². The van der Waals surface area contributed by atoms with E-state index < -0.39 is 0 Å². The van der Waals surface area contributed by atoms with Crippen LogP contribution in [0.25, 0.3) is 0 Å². The van der Waals surface area contributed by atoms with Gasteiger partial charge in [0, 0.05) is 0 Å². The molecule has 1 rings (SSSR count). The van der Waals surface area contributed by atoms with E-state index in [1.807, 2.05) is 0 Å². The van der Waals surface area contributed by atoms with Crippen molar-refractivity contribution in [3.05, 3.63) is 22.8 Å². The molecule has 1 aliphatic carbocycles. The Balaban J connectivity index is 2.93. The van der Waals surface area contributed by atoms with Gasteiger partial charge in [0.15, 0.2) is 0 Å². The van der Waals surface area contributed by atoms with Crippen LogP contribution in [-0.2, 0) is 0 Å². The SMILES string of the molecule is C/C=C(/C)C1=C(CC)C(C)CC1. The average Bonchev–Trinajstić information content (AvgIpc) is 2.45. The maximum atomic E-state index is 2.36. The zero-order valence-corrected chi connectivity index (χ0v) is 8.78. The third-order valence-electron chi connectivity index (χ3n) is 3.10. The van der Waals surface area contributed by atoms with E-state index in [2.05, 4.69) is 33.8 Å². The largest absolute Gasteiger partial charge is 0.0844 e. The predicted molar refractivity (Wildman–Crippen MR) is 55.1 cm³/mol. The highest BCUT2D eigenvalue weighted by Crippen LogP contribution is 2.37. The molecule has 0 aromatic rings. The summed E-state index contributed by atoms with van der Waals surface area (Å²) < 4.78 is 0. The van der Waals surface area contributed by atoms with Crippen molar-refractivity contribution in [1.82, 2.24) is 0 Å². The van der Waals surface area contributed by atoms with E-state index in [1.165, 1.54) is 24.8 Å². The molecule has 0 aromatic carbocycles. The molecule has 1 atom stereocenters. The lowest BCUT2D eigenvalue weighted by Crippen LogP contribution is -1.92. The summed E-state index contributed by atoms with van der Waals surface area (Å²) in [6.07, 6.45) is 6.15. The Bertz CT molecular complexity index is 218. The summed E-state index contributed by atoms with van der Waals surface area (Å²) in [5.74, 6) is 0.833. The van der Waals surface area contributed by atoms with Crippen LogP contribution >= 0.6 is 0 Å². The maximum absolute atomic E-state index is 2.36. The minimum atomic E-state index is 0.833. The molecule has 0 heterocycles. The highest BCUT2D eigenvalue weighted by atomic mass is 14.3. The quantitative estimate of drug-likeness (QED) is 0.576. The summed E-state index contributed by atoms with van der Waals surface area (Å²) in [5.41, 5.74) is 4.84. The second kappa shape index (κ2) is 3.93. The molecule has 0 nitrogen and oxygen atoms in total. The molecule has 68 valence electrons. The van der Waals surface area contributed by atoms with Crippen molar-refractivity contribution in [3.8, 4) is 0 Å². The van der Waals surface area contributed by atoms with Crippen LogP contribution in [0.3, 0.4) is 0 Å². The number of hydrogen-bond acceptors (Lipinski definition) is 0. The van der Waals surface area contributed by atoms with Gasteiger partial charge in [-0.15, -0.1) is 0 Å². The Morgan fingerprint density at radius 1 is 1.58 bits per heavy atom. The van der Waals surface area contributed by atoms with Crippen LogP contribution in [0.15, 0.2) is 22.8 Å². The summed E-state index contributed by atoms with van der Waals surface area (Å²) in [6, 6.07) is 0. The number of allylic oxidation sites excluding steroid dienone is 4. The van der Waals surface area contributed by atoms with Crippen molar-refractivity contribution < 1.29 is 0 Å². The Hall–Kier alpha value is -0.520. The molecule has 0 bridgehead atoms. The van der Waals surface area contributed by atoms with E-state index in [4.69, 9.17) is 0 Å². The van der Waals surface area contributed by atoms with Gasteiger partial charge >= 0.3 is 0 Å². The van der Waals surface area contributed by atoms with Gasteiger partial charge in [-0.05, 0) is 44.6 Å². The first kappa shape index (κ1) is 9.57. The summed E-state index contributed by atoms with van der Waals surface area (Å²) in [6.45, 7) is 9.01. The maximum Gasteiger partial charge on any atom is -0.0223 e. The van der Waals surface area contributed by atoms with Crippen LogP contribution in [0.2, 0.25) is 0 Å². The van der Waals surface area contributed by atoms with Crippen LogP contribution in [0, 0.1) is 5.92 Å². The van der Waals surface area contributed by atoms with Gasteiger partial charge in [-0.25, -0.2) is 0 Å². The van der Waals surface area contributed by atoms with E-state index in [9.17, 15) is 0 Å². The molecule has 12 heavy (non-hydrogen) atoms. The molecule has 0 saturated heterocycles. The summed E-state index contributed by atoms with van der Waals surface area (Å²) in [5, 5.41) is 0. The molecule has 0 aromatic heterocycles. The van der Waals surface area contributed by atoms with Gasteiger partial charge in [-0.3, -0.25) is 0 Å². The molecular formula is C12H20. The van der Waals surface area contributed by atoms with E-state index >= 15 is 0 Å². The van der Waals surface area contributed by atoms with Crippen LogP contribution < -0.4 is 0 Å². The first-order chi connectivity index (χ1) is 5.70. The van der Waals surface area contributed by atoms with Crippen molar-refractivity contribution in [2.75, 3.05) is 0 Å². The number of hydrogen-bond donors (Lipinski definition) is 0. The second-order valence-electron chi connectivity index (χ2n) is 3.77. The molecule has 1 aliphatic rings. The van der Waals surface area contributed by atoms with Crippen molar-refractivity contribution in [2.24, 2.45) is 5.92 Å². The van der Waals surface area contributed by atoms with Gasteiger partial charge in [0.25, 0.3) is 0 Å². The van der Waals surface area contributed by atoms with Crippen molar-refractivity contribution in [2.45, 2.75) is 47.0 Å². The molecule has 0 fully saturated rings. The molecule has 0 heteroatoms. The topological polar surface area (TPSA) is 0 Å². The van der Waals surface area contributed by atoms with Gasteiger partial charge in [0.05, 0.1) is 0 Å². The highest BCUT2D eigenvalue weighted by molar-refractivity contribution is 5.37. The van der Waals surface area contributed by atoms with Crippen LogP contribution in [-0.4, -0.2) is 0 Å². The van der Waals surface area contributed by atoms with Gasteiger partial charge < -0.3 is 0 Å². The smallest absolute Gasteiger partial charge is 0.0223 e. The summed E-state index contributed by atoms with van der Waals surface area (Å²) >= 11 is 0. The zero-order valence-electron chi connectivity index (χ0n) is 8.78. The molecule has 0 N–H and O–H groups in total. The normalized spacial score (nSPS) is 25.3. The Kier molecular flexibility index (Phi) is 3.13. The summed E-state index contributed by atoms with van der Waals surface area (Å²) in [4.78, 5) is 0. The van der Waals surface area contributed by atoms with Crippen molar-refractivity contribution in [3.63, 3.8) is 0 Å². The van der Waals surface area contributed by atoms with Gasteiger partial charge in [0.2, 0.25) is 0 Å². The zero-order chi connectivity index (χ0) is 9.14. The minimum absolute atomic E-state index is 0.833.